The Morgan fingerprint density at radius 3 is 2.57 bits per heavy atom. The molecular weight excluding hydrogens is 531 g/mol. The molecule has 4 heterocycles. The van der Waals surface area contributed by atoms with E-state index in [4.69, 9.17) is 0 Å². The highest BCUT2D eigenvalue weighted by atomic mass is 32.2. The first kappa shape index (κ1) is 25.4. The molecule has 5 rings (SSSR count). The van der Waals surface area contributed by atoms with Crippen LogP contribution in [0.3, 0.4) is 0 Å². The lowest BCUT2D eigenvalue weighted by Gasteiger charge is -2.26. The number of imidazole rings is 1. The number of nitrogens with zero attached hydrogens (tertiary/aromatic N) is 6. The maximum atomic E-state index is 12.9. The number of carbonyl (C=O) groups excluding carboxylic acids is 1. The van der Waals surface area contributed by atoms with Crippen LogP contribution >= 0.6 is 11.3 Å². The number of alkyl halides is 3. The van der Waals surface area contributed by atoms with Gasteiger partial charge in [0.1, 0.15) is 11.5 Å². The summed E-state index contributed by atoms with van der Waals surface area (Å²) >= 11 is 1.52. The molecule has 0 radical (unpaired) electrons. The van der Waals surface area contributed by atoms with E-state index >= 15 is 0 Å². The molecule has 15 heteroatoms. The number of rotatable bonds is 6. The quantitative estimate of drug-likeness (QED) is 0.393. The van der Waals surface area contributed by atoms with Gasteiger partial charge >= 0.3 is 15.5 Å². The van der Waals surface area contributed by atoms with Gasteiger partial charge < -0.3 is 5.32 Å². The van der Waals surface area contributed by atoms with E-state index in [1.807, 2.05) is 24.4 Å². The van der Waals surface area contributed by atoms with Gasteiger partial charge in [0, 0.05) is 29.7 Å². The highest BCUT2D eigenvalue weighted by molar-refractivity contribution is 7.89. The fraction of sp³-hybridized carbons (Fsp3) is 0.364. The number of thiazole rings is 1. The lowest BCUT2D eigenvalue weighted by Crippen LogP contribution is -2.44. The number of aromatic nitrogens is 5. The third-order valence-corrected chi connectivity index (χ3v) is 8.46. The van der Waals surface area contributed by atoms with Gasteiger partial charge in [0.05, 0.1) is 18.8 Å². The van der Waals surface area contributed by atoms with Crippen molar-refractivity contribution in [3.63, 3.8) is 0 Å². The second-order valence-electron chi connectivity index (χ2n) is 8.49. The molecule has 1 aliphatic rings. The summed E-state index contributed by atoms with van der Waals surface area (Å²) in [6.07, 6.45) is 2.53. The number of benzene rings is 1. The van der Waals surface area contributed by atoms with E-state index in [2.05, 4.69) is 20.4 Å². The molecule has 1 aromatic carbocycles. The van der Waals surface area contributed by atoms with Crippen LogP contribution in [0, 0.1) is 6.92 Å². The van der Waals surface area contributed by atoms with Crippen LogP contribution in [0.5, 0.6) is 0 Å². The Hall–Kier alpha value is -3.30. The van der Waals surface area contributed by atoms with E-state index in [0.717, 1.165) is 21.1 Å². The highest BCUT2D eigenvalue weighted by Crippen LogP contribution is 2.30. The van der Waals surface area contributed by atoms with Gasteiger partial charge in [-0.2, -0.15) is 22.6 Å². The number of halogens is 3. The molecule has 0 bridgehead atoms. The number of nitrogens with one attached hydrogen (secondary N) is 1. The Morgan fingerprint density at radius 2 is 1.89 bits per heavy atom. The van der Waals surface area contributed by atoms with Crippen molar-refractivity contribution in [3.05, 3.63) is 58.1 Å². The van der Waals surface area contributed by atoms with Gasteiger partial charge in [-0.1, -0.05) is 31.2 Å². The average Bonchev–Trinajstić information content (AvgIpc) is 3.53. The van der Waals surface area contributed by atoms with Crippen LogP contribution in [0.25, 0.3) is 16.3 Å². The monoisotopic (exact) mass is 553 g/mol. The predicted molar refractivity (Wildman–Crippen MR) is 129 cm³/mol. The lowest BCUT2D eigenvalue weighted by atomic mass is 10.1. The molecule has 1 aliphatic heterocycles. The van der Waals surface area contributed by atoms with Crippen molar-refractivity contribution in [2.45, 2.75) is 45.4 Å². The Bertz CT molecular complexity index is 1590. The van der Waals surface area contributed by atoms with Crippen LogP contribution < -0.4 is 5.32 Å². The summed E-state index contributed by atoms with van der Waals surface area (Å²) in [6.45, 7) is 3.29. The molecule has 0 aliphatic carbocycles. The second kappa shape index (κ2) is 9.22. The van der Waals surface area contributed by atoms with Crippen LogP contribution in [-0.4, -0.2) is 54.8 Å². The van der Waals surface area contributed by atoms with Crippen molar-refractivity contribution < 1.29 is 26.4 Å². The third-order valence-electron chi connectivity index (χ3n) is 5.99. The molecule has 0 unspecified atom stereocenters. The fourth-order valence-corrected chi connectivity index (χ4v) is 5.86. The molecular formula is C22H22F3N7O3S2. The SMILES string of the molecule is CCc1nc2sc(C)cn2c1C(=O)NCc1ccc(-c2nc3n(n2)CCN(S(=O)(=O)C(F)(F)F)C3)cc1. The minimum Gasteiger partial charge on any atom is -0.347 e. The number of hydrogen-bond donors (Lipinski definition) is 1. The molecule has 4 aromatic rings. The molecule has 0 atom stereocenters. The number of amides is 1. The van der Waals surface area contributed by atoms with Crippen LogP contribution in [0.2, 0.25) is 0 Å². The summed E-state index contributed by atoms with van der Waals surface area (Å²) in [5, 5.41) is 7.23. The molecule has 0 fully saturated rings. The summed E-state index contributed by atoms with van der Waals surface area (Å²) in [5.41, 5.74) is -2.68. The predicted octanol–water partition coefficient (Wildman–Crippen LogP) is 3.12. The first-order valence-electron chi connectivity index (χ1n) is 11.3. The van der Waals surface area contributed by atoms with E-state index in [9.17, 15) is 26.4 Å². The molecule has 0 spiro atoms. The average molecular weight is 554 g/mol. The van der Waals surface area contributed by atoms with E-state index in [0.29, 0.717) is 22.0 Å². The topological polar surface area (TPSA) is 114 Å². The zero-order chi connectivity index (χ0) is 26.5. The zero-order valence-corrected chi connectivity index (χ0v) is 21.4. The molecule has 0 saturated carbocycles. The van der Waals surface area contributed by atoms with Crippen molar-refractivity contribution in [3.8, 4) is 11.4 Å². The minimum absolute atomic E-state index is 0.0347. The van der Waals surface area contributed by atoms with Gasteiger partial charge in [0.25, 0.3) is 5.91 Å². The van der Waals surface area contributed by atoms with Crippen LogP contribution in [-0.2, 0) is 36.1 Å². The standard InChI is InChI=1S/C22H22F3N7O3S2/c1-3-16-18(31-11-13(2)36-21(31)27-16)20(33)26-10-14-4-6-15(7-5-14)19-28-17-12-30(8-9-32(17)29-19)37(34,35)22(23,24)25/h4-7,11H,3,8-10,12H2,1-2H3,(H,26,33). The fourth-order valence-electron chi connectivity index (χ4n) is 4.11. The van der Waals surface area contributed by atoms with Gasteiger partial charge in [-0.3, -0.25) is 9.20 Å². The normalized spacial score (nSPS) is 14.7. The second-order valence-corrected chi connectivity index (χ2v) is 11.6. The largest absolute Gasteiger partial charge is 0.511 e. The third kappa shape index (κ3) is 4.62. The molecule has 196 valence electrons. The molecule has 1 amide bonds. The first-order chi connectivity index (χ1) is 17.5. The van der Waals surface area contributed by atoms with Crippen molar-refractivity contribution >= 4 is 32.2 Å². The number of carbonyl (C=O) groups is 1. The smallest absolute Gasteiger partial charge is 0.347 e. The van der Waals surface area contributed by atoms with Gasteiger partial charge in [-0.05, 0) is 18.9 Å². The molecule has 0 saturated heterocycles. The first-order valence-corrected chi connectivity index (χ1v) is 13.6. The van der Waals surface area contributed by atoms with Gasteiger partial charge in [0.15, 0.2) is 10.8 Å². The Kier molecular flexibility index (Phi) is 6.32. The summed E-state index contributed by atoms with van der Waals surface area (Å²) in [6, 6.07) is 7.06. The summed E-state index contributed by atoms with van der Waals surface area (Å²) in [4.78, 5) is 23.6. The van der Waals surface area contributed by atoms with E-state index < -0.39 is 22.1 Å². The van der Waals surface area contributed by atoms with Crippen molar-refractivity contribution in [2.24, 2.45) is 0 Å². The van der Waals surface area contributed by atoms with E-state index in [1.54, 1.807) is 24.3 Å². The van der Waals surface area contributed by atoms with Crippen molar-refractivity contribution in [1.82, 2.24) is 33.8 Å². The number of hydrogen-bond acceptors (Lipinski definition) is 7. The van der Waals surface area contributed by atoms with Crippen LogP contribution in [0.4, 0.5) is 13.2 Å². The van der Waals surface area contributed by atoms with E-state index in [1.165, 1.54) is 16.0 Å². The minimum atomic E-state index is -5.44. The molecule has 1 N–H and O–H groups in total. The Morgan fingerprint density at radius 1 is 1.16 bits per heavy atom. The molecule has 10 nitrogen and oxygen atoms in total. The number of aryl methyl sites for hydroxylation is 2. The maximum Gasteiger partial charge on any atom is 0.511 e. The lowest BCUT2D eigenvalue weighted by molar-refractivity contribution is -0.0496. The van der Waals surface area contributed by atoms with E-state index in [-0.39, 0.29) is 37.2 Å². The summed E-state index contributed by atoms with van der Waals surface area (Å²) < 4.78 is 65.7. The van der Waals surface area contributed by atoms with Gasteiger partial charge in [0.2, 0.25) is 0 Å². The maximum absolute atomic E-state index is 12.9. The summed E-state index contributed by atoms with van der Waals surface area (Å²) in [7, 11) is -5.44. The zero-order valence-electron chi connectivity index (χ0n) is 19.8. The van der Waals surface area contributed by atoms with Gasteiger partial charge in [-0.15, -0.1) is 11.3 Å². The van der Waals surface area contributed by atoms with Gasteiger partial charge in [-0.25, -0.2) is 23.1 Å². The number of fused-ring (bicyclic) bond motifs is 2. The Balaban J connectivity index is 1.27. The summed E-state index contributed by atoms with van der Waals surface area (Å²) in [5.74, 6) is 0.180. The van der Waals surface area contributed by atoms with Crippen LogP contribution in [0.15, 0.2) is 30.5 Å². The highest BCUT2D eigenvalue weighted by Gasteiger charge is 2.50. The van der Waals surface area contributed by atoms with Crippen molar-refractivity contribution in [2.75, 3.05) is 6.54 Å². The molecule has 37 heavy (non-hydrogen) atoms. The van der Waals surface area contributed by atoms with Crippen molar-refractivity contribution in [1.29, 1.82) is 0 Å². The molecule has 3 aromatic heterocycles. The number of sulfonamides is 1. The van der Waals surface area contributed by atoms with Crippen LogP contribution in [0.1, 0.15) is 39.4 Å². The Labute approximate surface area is 213 Å².